The van der Waals surface area contributed by atoms with Crippen molar-refractivity contribution in [3.63, 3.8) is 0 Å². The number of methoxy groups -OCH3 is 2. The molecule has 0 aliphatic rings. The maximum atomic E-state index is 12.6. The van der Waals surface area contributed by atoms with Gasteiger partial charge in [-0.3, -0.25) is 9.59 Å². The summed E-state index contributed by atoms with van der Waals surface area (Å²) in [6.07, 6.45) is 0. The van der Waals surface area contributed by atoms with Crippen LogP contribution in [0, 0.1) is 6.92 Å². The van der Waals surface area contributed by atoms with E-state index in [1.807, 2.05) is 13.0 Å². The molecule has 8 nitrogen and oxygen atoms in total. The molecule has 0 radical (unpaired) electrons. The number of aromatic hydroxyl groups is 1. The van der Waals surface area contributed by atoms with Crippen LogP contribution in [0.25, 0.3) is 5.69 Å². The fraction of sp³-hybridized carbons (Fsp3) is 0.150. The second kappa shape index (κ2) is 7.83. The van der Waals surface area contributed by atoms with E-state index >= 15 is 0 Å². The van der Waals surface area contributed by atoms with E-state index in [4.69, 9.17) is 9.47 Å². The van der Waals surface area contributed by atoms with Crippen LogP contribution >= 0.6 is 0 Å². The summed E-state index contributed by atoms with van der Waals surface area (Å²) in [5, 5.41) is 16.7. The van der Waals surface area contributed by atoms with Crippen molar-refractivity contribution in [2.24, 2.45) is 0 Å². The lowest BCUT2D eigenvalue weighted by atomic mass is 10.2. The summed E-state index contributed by atoms with van der Waals surface area (Å²) < 4.78 is 11.4. The van der Waals surface area contributed by atoms with Gasteiger partial charge in [-0.25, -0.2) is 0 Å². The van der Waals surface area contributed by atoms with Crippen molar-refractivity contribution in [2.45, 2.75) is 6.92 Å². The predicted molar refractivity (Wildman–Crippen MR) is 104 cm³/mol. The molecule has 2 N–H and O–H groups in total. The molecule has 2 aromatic carbocycles. The van der Waals surface area contributed by atoms with E-state index in [9.17, 15) is 14.7 Å². The monoisotopic (exact) mass is 381 g/mol. The molecule has 0 bridgehead atoms. The molecule has 1 heterocycles. The van der Waals surface area contributed by atoms with E-state index in [0.29, 0.717) is 22.9 Å². The van der Waals surface area contributed by atoms with Gasteiger partial charge < -0.3 is 19.9 Å². The summed E-state index contributed by atoms with van der Waals surface area (Å²) in [6, 6.07) is 12.9. The first-order valence-electron chi connectivity index (χ1n) is 8.36. The zero-order valence-corrected chi connectivity index (χ0v) is 15.6. The number of hydrogen-bond acceptors (Lipinski definition) is 6. The molecule has 0 spiro atoms. The Morgan fingerprint density at radius 3 is 2.50 bits per heavy atom. The van der Waals surface area contributed by atoms with Gasteiger partial charge in [0.25, 0.3) is 11.5 Å². The summed E-state index contributed by atoms with van der Waals surface area (Å²) in [7, 11) is 2.99. The molecule has 0 fully saturated rings. The summed E-state index contributed by atoms with van der Waals surface area (Å²) >= 11 is 0. The van der Waals surface area contributed by atoms with Crippen LogP contribution in [0.3, 0.4) is 0 Å². The first kappa shape index (κ1) is 19.0. The topological polar surface area (TPSA) is 103 Å². The van der Waals surface area contributed by atoms with E-state index in [1.54, 1.807) is 36.4 Å². The Bertz CT molecular complexity index is 1090. The number of aryl methyl sites for hydroxylation is 1. The van der Waals surface area contributed by atoms with Crippen LogP contribution < -0.4 is 20.3 Å². The third-order valence-electron chi connectivity index (χ3n) is 4.01. The van der Waals surface area contributed by atoms with Crippen LogP contribution in [0.2, 0.25) is 0 Å². The van der Waals surface area contributed by atoms with Crippen molar-refractivity contribution in [3.8, 4) is 22.9 Å². The number of carbonyl (C=O) groups is 1. The van der Waals surface area contributed by atoms with Gasteiger partial charge in [0.05, 0.1) is 19.9 Å². The average molecular weight is 381 g/mol. The number of amides is 1. The van der Waals surface area contributed by atoms with Gasteiger partial charge in [-0.05, 0) is 36.8 Å². The standard InChI is InChI=1S/C20H19N3O5/c1-12-5-4-6-14(9-12)23-18(25)11-15(24)19(22-23)20(26)21-13-7-8-16(27-2)17(10-13)28-3/h4-11,24H,1-3H3,(H,21,26). The number of carbonyl (C=O) groups excluding carboxylic acids is 1. The maximum Gasteiger partial charge on any atom is 0.279 e. The second-order valence-electron chi connectivity index (χ2n) is 5.99. The van der Waals surface area contributed by atoms with E-state index in [-0.39, 0.29) is 5.69 Å². The maximum absolute atomic E-state index is 12.6. The first-order valence-corrected chi connectivity index (χ1v) is 8.36. The molecule has 0 saturated heterocycles. The molecule has 0 unspecified atom stereocenters. The van der Waals surface area contributed by atoms with Gasteiger partial charge in [0.2, 0.25) is 0 Å². The minimum absolute atomic E-state index is 0.282. The van der Waals surface area contributed by atoms with Crippen molar-refractivity contribution in [2.75, 3.05) is 19.5 Å². The highest BCUT2D eigenvalue weighted by molar-refractivity contribution is 6.04. The Balaban J connectivity index is 1.96. The third kappa shape index (κ3) is 3.80. The van der Waals surface area contributed by atoms with Crippen molar-refractivity contribution in [1.82, 2.24) is 9.78 Å². The molecule has 0 atom stereocenters. The van der Waals surface area contributed by atoms with Crippen molar-refractivity contribution in [1.29, 1.82) is 0 Å². The lowest BCUT2D eigenvalue weighted by molar-refractivity contribution is 0.101. The van der Waals surface area contributed by atoms with Crippen molar-refractivity contribution >= 4 is 11.6 Å². The second-order valence-corrected chi connectivity index (χ2v) is 5.99. The molecule has 1 aromatic heterocycles. The Kier molecular flexibility index (Phi) is 5.30. The number of aromatic nitrogens is 2. The molecule has 0 aliphatic heterocycles. The Labute approximate surface area is 161 Å². The largest absolute Gasteiger partial charge is 0.505 e. The Morgan fingerprint density at radius 2 is 1.82 bits per heavy atom. The molecule has 1 amide bonds. The zero-order chi connectivity index (χ0) is 20.3. The molecule has 0 saturated carbocycles. The van der Waals surface area contributed by atoms with E-state index in [2.05, 4.69) is 10.4 Å². The summed E-state index contributed by atoms with van der Waals surface area (Å²) in [6.45, 7) is 1.87. The summed E-state index contributed by atoms with van der Waals surface area (Å²) in [4.78, 5) is 24.8. The molecular formula is C20H19N3O5. The number of hydrogen-bond donors (Lipinski definition) is 2. The smallest absolute Gasteiger partial charge is 0.279 e. The number of rotatable bonds is 5. The molecule has 0 aliphatic carbocycles. The van der Waals surface area contributed by atoms with Gasteiger partial charge in [0.15, 0.2) is 22.9 Å². The fourth-order valence-corrected chi connectivity index (χ4v) is 2.66. The number of nitrogens with zero attached hydrogens (tertiary/aromatic N) is 2. The highest BCUT2D eigenvalue weighted by Crippen LogP contribution is 2.30. The molecule has 28 heavy (non-hydrogen) atoms. The van der Waals surface area contributed by atoms with Gasteiger partial charge in [-0.1, -0.05) is 12.1 Å². The SMILES string of the molecule is COc1ccc(NC(=O)c2nn(-c3cccc(C)c3)c(=O)cc2O)cc1OC. The van der Waals surface area contributed by atoms with Gasteiger partial charge in [0, 0.05) is 17.8 Å². The van der Waals surface area contributed by atoms with Gasteiger partial charge in [-0.15, -0.1) is 0 Å². The summed E-state index contributed by atoms with van der Waals surface area (Å²) in [5.41, 5.74) is 1.000. The van der Waals surface area contributed by atoms with Crippen molar-refractivity contribution < 1.29 is 19.4 Å². The summed E-state index contributed by atoms with van der Waals surface area (Å²) in [5.74, 6) is -0.241. The average Bonchev–Trinajstić information content (AvgIpc) is 2.67. The van der Waals surface area contributed by atoms with E-state index in [1.165, 1.54) is 14.2 Å². The minimum atomic E-state index is -0.675. The van der Waals surface area contributed by atoms with Gasteiger partial charge in [-0.2, -0.15) is 9.78 Å². The molecule has 8 heteroatoms. The first-order chi connectivity index (χ1) is 13.4. The number of nitrogens with one attached hydrogen (secondary N) is 1. The minimum Gasteiger partial charge on any atom is -0.505 e. The number of benzene rings is 2. The van der Waals surface area contributed by atoms with Gasteiger partial charge in [0.1, 0.15) is 0 Å². The third-order valence-corrected chi connectivity index (χ3v) is 4.01. The fourth-order valence-electron chi connectivity index (χ4n) is 2.66. The lowest BCUT2D eigenvalue weighted by Crippen LogP contribution is -2.25. The highest BCUT2D eigenvalue weighted by Gasteiger charge is 2.18. The van der Waals surface area contributed by atoms with Gasteiger partial charge >= 0.3 is 0 Å². The van der Waals surface area contributed by atoms with E-state index in [0.717, 1.165) is 16.3 Å². The number of ether oxygens (including phenoxy) is 2. The molecule has 144 valence electrons. The highest BCUT2D eigenvalue weighted by atomic mass is 16.5. The van der Waals surface area contributed by atoms with Crippen LogP contribution in [0.5, 0.6) is 17.2 Å². The van der Waals surface area contributed by atoms with Crippen LogP contribution in [0.15, 0.2) is 53.3 Å². The zero-order valence-electron chi connectivity index (χ0n) is 15.6. The van der Waals surface area contributed by atoms with Crippen LogP contribution in [-0.2, 0) is 0 Å². The number of anilines is 1. The van der Waals surface area contributed by atoms with Crippen LogP contribution in [0.1, 0.15) is 16.1 Å². The van der Waals surface area contributed by atoms with Crippen LogP contribution in [0.4, 0.5) is 5.69 Å². The van der Waals surface area contributed by atoms with E-state index < -0.39 is 17.2 Å². The Morgan fingerprint density at radius 1 is 1.07 bits per heavy atom. The quantitative estimate of drug-likeness (QED) is 0.704. The predicted octanol–water partition coefficient (Wildman–Crippen LogP) is 2.52. The molecular weight excluding hydrogens is 362 g/mol. The van der Waals surface area contributed by atoms with Crippen molar-refractivity contribution in [3.05, 3.63) is 70.1 Å². The normalized spacial score (nSPS) is 10.4. The molecule has 3 rings (SSSR count). The molecule has 3 aromatic rings. The Hall–Kier alpha value is -3.81. The lowest BCUT2D eigenvalue weighted by Gasteiger charge is -2.12. The van der Waals surface area contributed by atoms with Crippen LogP contribution in [-0.4, -0.2) is 35.0 Å².